The maximum absolute atomic E-state index is 12.0. The molecule has 1 aliphatic carbocycles. The molecule has 0 bridgehead atoms. The molecule has 0 amide bonds. The summed E-state index contributed by atoms with van der Waals surface area (Å²) in [7, 11) is 0. The molecule has 0 atom stereocenters. The molecule has 1 fully saturated rings. The number of nitrogens with two attached hydrogens (primary N) is 1. The average Bonchev–Trinajstić information content (AvgIpc) is 2.54. The van der Waals surface area contributed by atoms with Crippen LogP contribution in [0.15, 0.2) is 0 Å². The number of nitrogens with zero attached hydrogens (tertiary/aromatic N) is 1. The van der Waals surface area contributed by atoms with Gasteiger partial charge in [-0.05, 0) is 43.1 Å². The van der Waals surface area contributed by atoms with E-state index < -0.39 is 0 Å². The van der Waals surface area contributed by atoms with Crippen LogP contribution in [-0.2, 0) is 0 Å². The van der Waals surface area contributed by atoms with Crippen LogP contribution < -0.4 is 5.73 Å². The summed E-state index contributed by atoms with van der Waals surface area (Å²) in [4.78, 5) is 12.6. The minimum absolute atomic E-state index is 0.163. The molecular weight excluding hydrogens is 220 g/mol. The molecule has 1 aliphatic rings. The van der Waals surface area contributed by atoms with Crippen molar-refractivity contribution in [3.05, 3.63) is 10.6 Å². The number of carbonyl (C=O) groups excluding carboxylic acids is 1. The quantitative estimate of drug-likeness (QED) is 0.820. The zero-order chi connectivity index (χ0) is 11.8. The highest BCUT2D eigenvalue weighted by atomic mass is 32.1. The average molecular weight is 238 g/mol. The van der Waals surface area contributed by atoms with Gasteiger partial charge in [-0.3, -0.25) is 4.79 Å². The van der Waals surface area contributed by atoms with E-state index in [9.17, 15) is 4.79 Å². The number of hydrogen-bond acceptors (Lipinski definition) is 4. The van der Waals surface area contributed by atoms with Crippen LogP contribution in [-0.4, -0.2) is 10.2 Å². The van der Waals surface area contributed by atoms with Crippen molar-refractivity contribution in [1.82, 2.24) is 4.37 Å². The second kappa shape index (κ2) is 4.17. The predicted molar refractivity (Wildman–Crippen MR) is 66.8 cm³/mol. The normalized spacial score (nSPS) is 18.1. The summed E-state index contributed by atoms with van der Waals surface area (Å²) in [6.07, 6.45) is 5.44. The molecule has 4 heteroatoms. The van der Waals surface area contributed by atoms with Gasteiger partial charge in [0.15, 0.2) is 5.78 Å². The van der Waals surface area contributed by atoms with Crippen LogP contribution in [0.1, 0.15) is 54.4 Å². The molecule has 2 N–H and O–H groups in total. The molecule has 3 nitrogen and oxygen atoms in total. The van der Waals surface area contributed by atoms with E-state index in [1.165, 1.54) is 30.8 Å². The number of aromatic nitrogens is 1. The smallest absolute Gasteiger partial charge is 0.176 e. The predicted octanol–water partition coefficient (Wildman–Crippen LogP) is 3.19. The van der Waals surface area contributed by atoms with E-state index >= 15 is 0 Å². The molecular formula is C12H18N2OS. The van der Waals surface area contributed by atoms with Crippen LogP contribution in [0.2, 0.25) is 0 Å². The topological polar surface area (TPSA) is 56.0 Å². The first kappa shape index (κ1) is 11.6. The molecule has 1 aromatic heterocycles. The zero-order valence-electron chi connectivity index (χ0n) is 9.88. The lowest BCUT2D eigenvalue weighted by atomic mass is 9.67. The fourth-order valence-corrected chi connectivity index (χ4v) is 2.91. The lowest BCUT2D eigenvalue weighted by molar-refractivity contribution is 0.0912. The van der Waals surface area contributed by atoms with Gasteiger partial charge in [-0.2, -0.15) is 4.37 Å². The maximum atomic E-state index is 12.0. The van der Waals surface area contributed by atoms with Gasteiger partial charge in [0.05, 0.1) is 11.4 Å². The van der Waals surface area contributed by atoms with E-state index in [0.717, 1.165) is 12.1 Å². The Morgan fingerprint density at radius 1 is 1.56 bits per heavy atom. The van der Waals surface area contributed by atoms with Gasteiger partial charge in [0.1, 0.15) is 4.88 Å². The van der Waals surface area contributed by atoms with Crippen LogP contribution in [0.3, 0.4) is 0 Å². The van der Waals surface area contributed by atoms with E-state index in [0.29, 0.717) is 22.4 Å². The Morgan fingerprint density at radius 3 is 2.69 bits per heavy atom. The van der Waals surface area contributed by atoms with Gasteiger partial charge < -0.3 is 5.73 Å². The van der Waals surface area contributed by atoms with Crippen molar-refractivity contribution in [3.63, 3.8) is 0 Å². The van der Waals surface area contributed by atoms with Crippen molar-refractivity contribution in [1.29, 1.82) is 0 Å². The van der Waals surface area contributed by atoms with Crippen molar-refractivity contribution in [2.45, 2.75) is 46.0 Å². The van der Waals surface area contributed by atoms with Crippen LogP contribution in [0, 0.1) is 12.3 Å². The number of nitrogen functional groups attached to an aromatic ring is 1. The van der Waals surface area contributed by atoms with E-state index in [1.54, 1.807) is 0 Å². The minimum atomic E-state index is 0.163. The first-order valence-electron chi connectivity index (χ1n) is 5.77. The Morgan fingerprint density at radius 2 is 2.25 bits per heavy atom. The second-order valence-corrected chi connectivity index (χ2v) is 5.87. The molecule has 0 unspecified atom stereocenters. The number of carbonyl (C=O) groups is 1. The molecule has 0 spiro atoms. The van der Waals surface area contributed by atoms with Crippen molar-refractivity contribution in [3.8, 4) is 0 Å². The lowest BCUT2D eigenvalue weighted by Gasteiger charge is -2.38. The van der Waals surface area contributed by atoms with Gasteiger partial charge in [-0.1, -0.05) is 13.3 Å². The standard InChI is InChI=1S/C12H18N2OS/c1-8-10(13)11(16-14-8)9(15)4-7-12(2)5-3-6-12/h3-7,13H2,1-2H3. The summed E-state index contributed by atoms with van der Waals surface area (Å²) in [5, 5.41) is 0. The maximum Gasteiger partial charge on any atom is 0.176 e. The van der Waals surface area contributed by atoms with Gasteiger partial charge in [0.25, 0.3) is 0 Å². The summed E-state index contributed by atoms with van der Waals surface area (Å²) in [6.45, 7) is 4.11. The Bertz CT molecular complexity index is 407. The van der Waals surface area contributed by atoms with E-state index in [-0.39, 0.29) is 5.78 Å². The van der Waals surface area contributed by atoms with Crippen LogP contribution >= 0.6 is 11.5 Å². The number of anilines is 1. The number of Topliss-reactive ketones (excluding diaryl/α,β-unsaturated/α-hetero) is 1. The van der Waals surface area contributed by atoms with E-state index in [2.05, 4.69) is 11.3 Å². The van der Waals surface area contributed by atoms with Crippen molar-refractivity contribution in [2.24, 2.45) is 5.41 Å². The Labute approximate surface area is 100 Å². The Hall–Kier alpha value is -0.900. The van der Waals surface area contributed by atoms with Gasteiger partial charge >= 0.3 is 0 Å². The Kier molecular flexibility index (Phi) is 3.02. The number of rotatable bonds is 4. The third kappa shape index (κ3) is 2.12. The summed E-state index contributed by atoms with van der Waals surface area (Å²) in [6, 6.07) is 0. The molecule has 1 aromatic rings. The summed E-state index contributed by atoms with van der Waals surface area (Å²) >= 11 is 1.24. The molecule has 0 radical (unpaired) electrons. The van der Waals surface area contributed by atoms with Crippen molar-refractivity contribution >= 4 is 23.0 Å². The van der Waals surface area contributed by atoms with Crippen molar-refractivity contribution in [2.75, 3.05) is 5.73 Å². The Balaban J connectivity index is 1.95. The van der Waals surface area contributed by atoms with Crippen molar-refractivity contribution < 1.29 is 4.79 Å². The fraction of sp³-hybridized carbons (Fsp3) is 0.667. The third-order valence-corrected chi connectivity index (χ3v) is 4.67. The largest absolute Gasteiger partial charge is 0.396 e. The highest BCUT2D eigenvalue weighted by Gasteiger charge is 2.32. The summed E-state index contributed by atoms with van der Waals surface area (Å²) in [5.41, 5.74) is 7.58. The monoisotopic (exact) mass is 238 g/mol. The van der Waals surface area contributed by atoms with E-state index in [4.69, 9.17) is 5.73 Å². The first-order chi connectivity index (χ1) is 7.52. The summed E-state index contributed by atoms with van der Waals surface area (Å²) < 4.78 is 4.11. The molecule has 16 heavy (non-hydrogen) atoms. The third-order valence-electron chi connectivity index (χ3n) is 3.68. The molecule has 0 aromatic carbocycles. The van der Waals surface area contributed by atoms with Crippen LogP contribution in [0.25, 0.3) is 0 Å². The number of aryl methyl sites for hydroxylation is 1. The molecule has 88 valence electrons. The van der Waals surface area contributed by atoms with Gasteiger partial charge in [-0.25, -0.2) is 0 Å². The first-order valence-corrected chi connectivity index (χ1v) is 6.54. The summed E-state index contributed by atoms with van der Waals surface area (Å²) in [5.74, 6) is 0.163. The van der Waals surface area contributed by atoms with E-state index in [1.807, 2.05) is 6.92 Å². The minimum Gasteiger partial charge on any atom is -0.396 e. The fourth-order valence-electron chi connectivity index (χ4n) is 2.14. The zero-order valence-corrected chi connectivity index (χ0v) is 10.7. The molecule has 2 rings (SSSR count). The van der Waals surface area contributed by atoms with Gasteiger partial charge in [-0.15, -0.1) is 0 Å². The number of ketones is 1. The lowest BCUT2D eigenvalue weighted by Crippen LogP contribution is -2.26. The SMILES string of the molecule is Cc1nsc(C(=O)CCC2(C)CCC2)c1N. The molecule has 1 heterocycles. The highest BCUT2D eigenvalue weighted by Crippen LogP contribution is 2.44. The number of hydrogen-bond donors (Lipinski definition) is 1. The van der Waals surface area contributed by atoms with Gasteiger partial charge in [0, 0.05) is 6.42 Å². The molecule has 1 saturated carbocycles. The molecule has 0 aliphatic heterocycles. The highest BCUT2D eigenvalue weighted by molar-refractivity contribution is 7.08. The van der Waals surface area contributed by atoms with Crippen LogP contribution in [0.4, 0.5) is 5.69 Å². The van der Waals surface area contributed by atoms with Crippen LogP contribution in [0.5, 0.6) is 0 Å². The second-order valence-electron chi connectivity index (χ2n) is 5.10. The molecule has 0 saturated heterocycles. The van der Waals surface area contributed by atoms with Gasteiger partial charge in [0.2, 0.25) is 0 Å².